The molecule has 0 atom stereocenters. The summed E-state index contributed by atoms with van der Waals surface area (Å²) in [4.78, 5) is 17.6. The van der Waals surface area contributed by atoms with Gasteiger partial charge in [-0.05, 0) is 63.2 Å². The number of hydrogen-bond acceptors (Lipinski definition) is 8. The van der Waals surface area contributed by atoms with Gasteiger partial charge in [-0.2, -0.15) is 0 Å². The highest BCUT2D eigenvalue weighted by Gasteiger charge is 2.54. The molecule has 4 rings (SSSR count). The molecular formula is C24H24F3NO6S2. The van der Waals surface area contributed by atoms with Gasteiger partial charge in [-0.3, -0.25) is 4.79 Å². The van der Waals surface area contributed by atoms with Gasteiger partial charge in [0.15, 0.2) is 14.6 Å². The van der Waals surface area contributed by atoms with Crippen LogP contribution in [0.4, 0.5) is 13.2 Å². The Kier molecular flexibility index (Phi) is 6.82. The first-order valence-electron chi connectivity index (χ1n) is 11.0. The number of benzene rings is 2. The third kappa shape index (κ3) is 5.35. The van der Waals surface area contributed by atoms with Crippen LogP contribution in [-0.2, 0) is 24.1 Å². The SMILES string of the molecule is CC(C)(C)OC(=O)C1(S(=O)(=O)c2ccc3nc(-c4ccc(OC(F)(F)F)cc4)sc3c2)CCOCC1. The van der Waals surface area contributed by atoms with Crippen LogP contribution in [0, 0.1) is 0 Å². The van der Waals surface area contributed by atoms with Crippen LogP contribution >= 0.6 is 11.3 Å². The van der Waals surface area contributed by atoms with E-state index in [4.69, 9.17) is 9.47 Å². The van der Waals surface area contributed by atoms with Gasteiger partial charge in [-0.1, -0.05) is 0 Å². The minimum Gasteiger partial charge on any atom is -0.459 e. The molecular weight excluding hydrogens is 519 g/mol. The molecule has 0 saturated carbocycles. The Morgan fingerprint density at radius 3 is 2.28 bits per heavy atom. The molecule has 1 fully saturated rings. The van der Waals surface area contributed by atoms with Crippen LogP contribution < -0.4 is 4.74 Å². The lowest BCUT2D eigenvalue weighted by Gasteiger charge is -2.36. The molecule has 0 N–H and O–H groups in total. The minimum absolute atomic E-state index is 0.0252. The van der Waals surface area contributed by atoms with Gasteiger partial charge in [0.2, 0.25) is 0 Å². The molecule has 0 spiro atoms. The molecule has 7 nitrogen and oxygen atoms in total. The van der Waals surface area contributed by atoms with Crippen molar-refractivity contribution < 1.29 is 40.6 Å². The van der Waals surface area contributed by atoms with Crippen molar-refractivity contribution in [1.29, 1.82) is 0 Å². The van der Waals surface area contributed by atoms with Crippen molar-refractivity contribution in [3.8, 4) is 16.3 Å². The fraction of sp³-hybridized carbons (Fsp3) is 0.417. The number of nitrogens with zero attached hydrogens (tertiary/aromatic N) is 1. The molecule has 1 aromatic heterocycles. The summed E-state index contributed by atoms with van der Waals surface area (Å²) in [5.41, 5.74) is 0.197. The fourth-order valence-corrected chi connectivity index (χ4v) is 6.90. The summed E-state index contributed by atoms with van der Waals surface area (Å²) in [5, 5.41) is 0.492. The third-order valence-electron chi connectivity index (χ3n) is 5.59. The fourth-order valence-electron chi connectivity index (χ4n) is 3.88. The highest BCUT2D eigenvalue weighted by atomic mass is 32.2. The van der Waals surface area contributed by atoms with Gasteiger partial charge in [0.1, 0.15) is 16.4 Å². The largest absolute Gasteiger partial charge is 0.573 e. The molecule has 194 valence electrons. The van der Waals surface area contributed by atoms with Gasteiger partial charge in [0.05, 0.1) is 15.1 Å². The molecule has 12 heteroatoms. The number of halogens is 3. The maximum absolute atomic E-state index is 13.8. The van der Waals surface area contributed by atoms with E-state index in [0.717, 1.165) is 0 Å². The molecule has 0 amide bonds. The van der Waals surface area contributed by atoms with E-state index in [1.54, 1.807) is 26.8 Å². The summed E-state index contributed by atoms with van der Waals surface area (Å²) in [7, 11) is -4.16. The zero-order valence-electron chi connectivity index (χ0n) is 19.7. The van der Waals surface area contributed by atoms with Gasteiger partial charge in [-0.15, -0.1) is 24.5 Å². The molecule has 2 aromatic carbocycles. The number of carbonyl (C=O) groups excluding carboxylic acids is 1. The zero-order valence-corrected chi connectivity index (χ0v) is 21.3. The zero-order chi connectivity index (χ0) is 26.4. The quantitative estimate of drug-likeness (QED) is 0.391. The van der Waals surface area contributed by atoms with E-state index in [0.29, 0.717) is 20.8 Å². The molecule has 3 aromatic rings. The van der Waals surface area contributed by atoms with Crippen LogP contribution in [0.1, 0.15) is 33.6 Å². The predicted octanol–water partition coefficient (Wildman–Crippen LogP) is 5.53. The first kappa shape index (κ1) is 26.4. The molecule has 0 radical (unpaired) electrons. The summed E-state index contributed by atoms with van der Waals surface area (Å²) < 4.78 is 78.4. The molecule has 2 heterocycles. The maximum Gasteiger partial charge on any atom is 0.573 e. The van der Waals surface area contributed by atoms with E-state index in [1.165, 1.54) is 47.7 Å². The second-order valence-corrected chi connectivity index (χ2v) is 12.6. The van der Waals surface area contributed by atoms with Crippen LogP contribution in [0.3, 0.4) is 0 Å². The Labute approximate surface area is 210 Å². The second kappa shape index (κ2) is 9.31. The molecule has 36 heavy (non-hydrogen) atoms. The Bertz CT molecular complexity index is 1370. The average molecular weight is 544 g/mol. The van der Waals surface area contributed by atoms with Crippen LogP contribution in [0.2, 0.25) is 0 Å². The first-order valence-corrected chi connectivity index (χ1v) is 13.3. The van der Waals surface area contributed by atoms with Crippen molar-refractivity contribution in [3.05, 3.63) is 42.5 Å². The molecule has 1 aliphatic heterocycles. The number of fused-ring (bicyclic) bond motifs is 1. The number of thiazole rings is 1. The number of ether oxygens (including phenoxy) is 3. The van der Waals surface area contributed by atoms with E-state index in [9.17, 15) is 26.4 Å². The van der Waals surface area contributed by atoms with Crippen molar-refractivity contribution in [2.24, 2.45) is 0 Å². The lowest BCUT2D eigenvalue weighted by molar-refractivity contribution is -0.274. The molecule has 1 saturated heterocycles. The number of sulfone groups is 1. The smallest absolute Gasteiger partial charge is 0.459 e. The van der Waals surface area contributed by atoms with Crippen LogP contribution in [0.25, 0.3) is 20.8 Å². The second-order valence-electron chi connectivity index (χ2n) is 9.33. The van der Waals surface area contributed by atoms with Crippen LogP contribution in [-0.4, -0.2) is 49.3 Å². The van der Waals surface area contributed by atoms with Crippen molar-refractivity contribution in [2.45, 2.75) is 55.2 Å². The number of rotatable bonds is 5. The lowest BCUT2D eigenvalue weighted by Crippen LogP contribution is -2.53. The lowest BCUT2D eigenvalue weighted by atomic mass is 9.99. The van der Waals surface area contributed by atoms with E-state index < -0.39 is 32.5 Å². The van der Waals surface area contributed by atoms with Gasteiger partial charge < -0.3 is 14.2 Å². The number of hydrogen-bond donors (Lipinski definition) is 0. The summed E-state index contributed by atoms with van der Waals surface area (Å²) in [6.07, 6.45) is -4.84. The monoisotopic (exact) mass is 543 g/mol. The van der Waals surface area contributed by atoms with E-state index >= 15 is 0 Å². The first-order chi connectivity index (χ1) is 16.7. The molecule has 0 aliphatic carbocycles. The van der Waals surface area contributed by atoms with E-state index in [-0.39, 0.29) is 36.7 Å². The van der Waals surface area contributed by atoms with Gasteiger partial charge in [-0.25, -0.2) is 13.4 Å². The number of esters is 1. The summed E-state index contributed by atoms with van der Waals surface area (Å²) in [6.45, 7) is 5.25. The van der Waals surface area contributed by atoms with Gasteiger partial charge in [0.25, 0.3) is 0 Å². The number of alkyl halides is 3. The van der Waals surface area contributed by atoms with E-state index in [2.05, 4.69) is 9.72 Å². The molecule has 0 bridgehead atoms. The Hall–Kier alpha value is -2.70. The summed E-state index contributed by atoms with van der Waals surface area (Å²) in [6, 6.07) is 9.66. The third-order valence-corrected chi connectivity index (χ3v) is 9.14. The summed E-state index contributed by atoms with van der Waals surface area (Å²) in [5.74, 6) is -1.16. The standard InChI is InChI=1S/C24H24F3NO6S2/c1-22(2,3)34-21(29)23(10-12-32-13-11-23)36(30,31)17-8-9-18-19(14-17)35-20(28-18)15-4-6-16(7-5-15)33-24(25,26)27/h4-9,14H,10-13H2,1-3H3. The summed E-state index contributed by atoms with van der Waals surface area (Å²) >= 11 is 1.18. The Morgan fingerprint density at radius 1 is 1.06 bits per heavy atom. The number of carbonyl (C=O) groups is 1. The Morgan fingerprint density at radius 2 is 1.69 bits per heavy atom. The van der Waals surface area contributed by atoms with Crippen LogP contribution in [0.5, 0.6) is 5.75 Å². The molecule has 0 unspecified atom stereocenters. The maximum atomic E-state index is 13.8. The van der Waals surface area contributed by atoms with Crippen molar-refractivity contribution in [2.75, 3.05) is 13.2 Å². The minimum atomic E-state index is -4.79. The average Bonchev–Trinajstić information content (AvgIpc) is 3.21. The van der Waals surface area contributed by atoms with Gasteiger partial charge >= 0.3 is 12.3 Å². The van der Waals surface area contributed by atoms with Crippen molar-refractivity contribution >= 4 is 37.4 Å². The molecule has 1 aliphatic rings. The predicted molar refractivity (Wildman–Crippen MR) is 128 cm³/mol. The topological polar surface area (TPSA) is 91.8 Å². The Balaban J connectivity index is 1.69. The van der Waals surface area contributed by atoms with E-state index in [1.807, 2.05) is 0 Å². The normalized spacial score (nSPS) is 16.6. The van der Waals surface area contributed by atoms with Crippen molar-refractivity contribution in [3.63, 3.8) is 0 Å². The highest BCUT2D eigenvalue weighted by molar-refractivity contribution is 7.93. The van der Waals surface area contributed by atoms with Crippen LogP contribution in [0.15, 0.2) is 47.4 Å². The van der Waals surface area contributed by atoms with Gasteiger partial charge in [0, 0.05) is 31.6 Å². The number of aromatic nitrogens is 1. The van der Waals surface area contributed by atoms with Crippen molar-refractivity contribution in [1.82, 2.24) is 4.98 Å². The highest BCUT2D eigenvalue weighted by Crippen LogP contribution is 2.39.